The molecular weight excluding hydrogens is 268 g/mol. The smallest absolute Gasteiger partial charge is 0.320 e. The van der Waals surface area contributed by atoms with Crippen LogP contribution in [0.25, 0.3) is 0 Å². The molecule has 2 fully saturated rings. The highest BCUT2D eigenvalue weighted by atomic mass is 16.2. The Morgan fingerprint density at radius 1 is 1.29 bits per heavy atom. The van der Waals surface area contributed by atoms with Crippen molar-refractivity contribution in [3.63, 3.8) is 0 Å². The maximum absolute atomic E-state index is 12.4. The lowest BCUT2D eigenvalue weighted by Crippen LogP contribution is -2.44. The lowest BCUT2D eigenvalue weighted by Gasteiger charge is -2.28. The summed E-state index contributed by atoms with van der Waals surface area (Å²) >= 11 is 0. The molecule has 1 aromatic heterocycles. The summed E-state index contributed by atoms with van der Waals surface area (Å²) in [6.07, 6.45) is 4.76. The van der Waals surface area contributed by atoms with E-state index in [4.69, 9.17) is 0 Å². The number of nitrogens with one attached hydrogen (secondary N) is 1. The lowest BCUT2D eigenvalue weighted by molar-refractivity contribution is 0.186. The molecule has 0 bridgehead atoms. The predicted octanol–water partition coefficient (Wildman–Crippen LogP) is 1.22. The molecule has 1 atom stereocenters. The largest absolute Gasteiger partial charge is 0.324 e. The second-order valence-electron chi connectivity index (χ2n) is 6.03. The molecule has 7 heteroatoms. The summed E-state index contributed by atoms with van der Waals surface area (Å²) in [5, 5.41) is 7.01. The molecule has 21 heavy (non-hydrogen) atoms. The SMILES string of the molecule is Cc1nc(NC(=O)N2CCC[C@H]2CN2CCCC2)nn1C. The number of carbonyl (C=O) groups excluding carboxylic acids is 1. The molecule has 2 aliphatic rings. The van der Waals surface area contributed by atoms with Crippen molar-refractivity contribution in [2.75, 3.05) is 31.5 Å². The van der Waals surface area contributed by atoms with Gasteiger partial charge in [-0.3, -0.25) is 10.00 Å². The highest BCUT2D eigenvalue weighted by Gasteiger charge is 2.31. The summed E-state index contributed by atoms with van der Waals surface area (Å²) in [6.45, 7) is 6.05. The first-order chi connectivity index (χ1) is 10.1. The van der Waals surface area contributed by atoms with Gasteiger partial charge in [-0.1, -0.05) is 0 Å². The fourth-order valence-corrected chi connectivity index (χ4v) is 3.24. The minimum Gasteiger partial charge on any atom is -0.320 e. The molecule has 0 spiro atoms. The third-order valence-electron chi connectivity index (χ3n) is 4.51. The highest BCUT2D eigenvalue weighted by Crippen LogP contribution is 2.21. The van der Waals surface area contributed by atoms with E-state index in [9.17, 15) is 4.79 Å². The van der Waals surface area contributed by atoms with Crippen LogP contribution in [-0.2, 0) is 7.05 Å². The van der Waals surface area contributed by atoms with Gasteiger partial charge < -0.3 is 9.80 Å². The van der Waals surface area contributed by atoms with Crippen molar-refractivity contribution >= 4 is 12.0 Å². The Morgan fingerprint density at radius 2 is 2.05 bits per heavy atom. The number of likely N-dealkylation sites (tertiary alicyclic amines) is 2. The van der Waals surface area contributed by atoms with Crippen molar-refractivity contribution < 1.29 is 4.79 Å². The van der Waals surface area contributed by atoms with Gasteiger partial charge in [0.25, 0.3) is 0 Å². The normalized spacial score (nSPS) is 23.0. The maximum Gasteiger partial charge on any atom is 0.324 e. The van der Waals surface area contributed by atoms with Gasteiger partial charge in [0, 0.05) is 26.2 Å². The van der Waals surface area contributed by atoms with Crippen molar-refractivity contribution in [2.24, 2.45) is 7.05 Å². The summed E-state index contributed by atoms with van der Waals surface area (Å²) in [5.41, 5.74) is 0. The van der Waals surface area contributed by atoms with Crippen LogP contribution in [0.3, 0.4) is 0 Å². The Hall–Kier alpha value is -1.63. The fourth-order valence-electron chi connectivity index (χ4n) is 3.24. The average Bonchev–Trinajstić information content (AvgIpc) is 3.14. The van der Waals surface area contributed by atoms with Crippen molar-refractivity contribution in [1.29, 1.82) is 0 Å². The van der Waals surface area contributed by atoms with Crippen molar-refractivity contribution in [1.82, 2.24) is 24.6 Å². The van der Waals surface area contributed by atoms with E-state index < -0.39 is 0 Å². The second-order valence-corrected chi connectivity index (χ2v) is 6.03. The first-order valence-corrected chi connectivity index (χ1v) is 7.81. The van der Waals surface area contributed by atoms with Gasteiger partial charge in [-0.25, -0.2) is 4.79 Å². The van der Waals surface area contributed by atoms with E-state index in [1.807, 2.05) is 18.9 Å². The summed E-state index contributed by atoms with van der Waals surface area (Å²) in [7, 11) is 1.82. The van der Waals surface area contributed by atoms with E-state index in [0.717, 1.165) is 31.8 Å². The number of nitrogens with zero attached hydrogens (tertiary/aromatic N) is 5. The number of aryl methyl sites for hydroxylation is 2. The Balaban J connectivity index is 1.59. The van der Waals surface area contributed by atoms with Crippen molar-refractivity contribution in [2.45, 2.75) is 38.6 Å². The number of anilines is 1. The van der Waals surface area contributed by atoms with Gasteiger partial charge in [-0.15, -0.1) is 5.10 Å². The van der Waals surface area contributed by atoms with E-state index in [2.05, 4.69) is 20.3 Å². The van der Waals surface area contributed by atoms with Crippen LogP contribution in [0, 0.1) is 6.92 Å². The molecule has 0 unspecified atom stereocenters. The molecular formula is C14H24N6O. The molecule has 1 aromatic rings. The zero-order chi connectivity index (χ0) is 14.8. The van der Waals surface area contributed by atoms with Crippen LogP contribution in [-0.4, -0.2) is 62.8 Å². The molecule has 2 aliphatic heterocycles. The summed E-state index contributed by atoms with van der Waals surface area (Å²) < 4.78 is 1.67. The van der Waals surface area contributed by atoms with Gasteiger partial charge in [-0.2, -0.15) is 4.98 Å². The van der Waals surface area contributed by atoms with E-state index in [-0.39, 0.29) is 6.03 Å². The van der Waals surface area contributed by atoms with Crippen LogP contribution >= 0.6 is 0 Å². The van der Waals surface area contributed by atoms with E-state index in [1.54, 1.807) is 4.68 Å². The van der Waals surface area contributed by atoms with E-state index in [1.165, 1.54) is 25.9 Å². The standard InChI is InChI=1S/C14H24N6O/c1-11-15-13(17-18(11)2)16-14(21)20-9-5-6-12(20)10-19-7-3-4-8-19/h12H,3-10H2,1-2H3,(H,16,17,21)/t12-/m0/s1. The zero-order valence-electron chi connectivity index (χ0n) is 12.9. The zero-order valence-corrected chi connectivity index (χ0v) is 12.9. The van der Waals surface area contributed by atoms with Gasteiger partial charge >= 0.3 is 6.03 Å². The van der Waals surface area contributed by atoms with Crippen LogP contribution in [0.15, 0.2) is 0 Å². The van der Waals surface area contributed by atoms with E-state index in [0.29, 0.717) is 12.0 Å². The van der Waals surface area contributed by atoms with Crippen LogP contribution in [0.4, 0.5) is 10.7 Å². The number of rotatable bonds is 3. The topological polar surface area (TPSA) is 66.3 Å². The van der Waals surface area contributed by atoms with Crippen LogP contribution in [0.1, 0.15) is 31.5 Å². The summed E-state index contributed by atoms with van der Waals surface area (Å²) in [5.74, 6) is 1.19. The maximum atomic E-state index is 12.4. The molecule has 116 valence electrons. The molecule has 0 aliphatic carbocycles. The third-order valence-corrected chi connectivity index (χ3v) is 4.51. The number of hydrogen-bond donors (Lipinski definition) is 1. The van der Waals surface area contributed by atoms with Gasteiger partial charge in [0.1, 0.15) is 5.82 Å². The number of hydrogen-bond acceptors (Lipinski definition) is 4. The Bertz CT molecular complexity index is 488. The average molecular weight is 292 g/mol. The number of carbonyl (C=O) groups is 1. The number of amides is 2. The van der Waals surface area contributed by atoms with Crippen LogP contribution in [0.2, 0.25) is 0 Å². The Kier molecular flexibility index (Phi) is 4.10. The molecule has 1 N–H and O–H groups in total. The molecule has 7 nitrogen and oxygen atoms in total. The monoisotopic (exact) mass is 292 g/mol. The molecule has 3 rings (SSSR count). The fraction of sp³-hybridized carbons (Fsp3) is 0.786. The lowest BCUT2D eigenvalue weighted by atomic mass is 10.2. The van der Waals surface area contributed by atoms with Crippen LogP contribution in [0.5, 0.6) is 0 Å². The second kappa shape index (κ2) is 6.01. The van der Waals surface area contributed by atoms with Gasteiger partial charge in [-0.05, 0) is 45.7 Å². The first-order valence-electron chi connectivity index (χ1n) is 7.81. The van der Waals surface area contributed by atoms with Gasteiger partial charge in [0.05, 0.1) is 0 Å². The highest BCUT2D eigenvalue weighted by molar-refractivity contribution is 5.87. The molecule has 3 heterocycles. The van der Waals surface area contributed by atoms with Crippen LogP contribution < -0.4 is 5.32 Å². The molecule has 2 saturated heterocycles. The Morgan fingerprint density at radius 3 is 2.71 bits per heavy atom. The third kappa shape index (κ3) is 3.18. The first kappa shape index (κ1) is 14.3. The number of aromatic nitrogens is 3. The van der Waals surface area contributed by atoms with Crippen molar-refractivity contribution in [3.05, 3.63) is 5.82 Å². The van der Waals surface area contributed by atoms with Gasteiger partial charge in [0.2, 0.25) is 5.95 Å². The number of urea groups is 1. The van der Waals surface area contributed by atoms with E-state index >= 15 is 0 Å². The molecule has 0 radical (unpaired) electrons. The Labute approximate surface area is 125 Å². The molecule has 0 saturated carbocycles. The predicted molar refractivity (Wildman–Crippen MR) is 80.2 cm³/mol. The van der Waals surface area contributed by atoms with Crippen molar-refractivity contribution in [3.8, 4) is 0 Å². The molecule has 2 amide bonds. The summed E-state index contributed by atoms with van der Waals surface area (Å²) in [4.78, 5) is 21.1. The quantitative estimate of drug-likeness (QED) is 0.909. The van der Waals surface area contributed by atoms with Gasteiger partial charge in [0.15, 0.2) is 0 Å². The minimum absolute atomic E-state index is 0.0673. The minimum atomic E-state index is -0.0673. The summed E-state index contributed by atoms with van der Waals surface area (Å²) in [6, 6.07) is 0.259. The molecule has 0 aromatic carbocycles.